The molecule has 10 nitrogen and oxygen atoms in total. The fourth-order valence-electron chi connectivity index (χ4n) is 4.66. The van der Waals surface area contributed by atoms with Gasteiger partial charge in [0, 0.05) is 13.7 Å². The molecule has 0 aromatic heterocycles. The van der Waals surface area contributed by atoms with E-state index in [4.69, 9.17) is 9.47 Å². The predicted octanol–water partition coefficient (Wildman–Crippen LogP) is 0.917. The number of hydrogen-bond donors (Lipinski definition) is 4. The van der Waals surface area contributed by atoms with Gasteiger partial charge in [-0.15, -0.1) is 0 Å². The van der Waals surface area contributed by atoms with Crippen LogP contribution in [0.1, 0.15) is 65.2 Å². The summed E-state index contributed by atoms with van der Waals surface area (Å²) in [4.78, 5) is 39.8. The second-order valence-corrected chi connectivity index (χ2v) is 10.1. The Balaban J connectivity index is 1.91. The number of likely N-dealkylation sites (tertiary alicyclic amines) is 1. The maximum absolute atomic E-state index is 13.1. The number of allylic oxidation sites excluding steroid dienone is 1. The van der Waals surface area contributed by atoms with E-state index in [0.29, 0.717) is 19.4 Å². The molecule has 0 spiro atoms. The number of aliphatic hydroxyl groups is 3. The van der Waals surface area contributed by atoms with E-state index in [2.05, 4.69) is 5.32 Å². The Morgan fingerprint density at radius 1 is 1.03 bits per heavy atom. The number of ether oxygens (including phenoxy) is 2. The van der Waals surface area contributed by atoms with E-state index in [-0.39, 0.29) is 36.9 Å². The fraction of sp³-hybridized carbons (Fsp3) is 0.808. The second-order valence-electron chi connectivity index (χ2n) is 10.1. The maximum Gasteiger partial charge on any atom is 0.308 e. The average molecular weight is 513 g/mol. The summed E-state index contributed by atoms with van der Waals surface area (Å²) in [5.41, 5.74) is 0. The van der Waals surface area contributed by atoms with Gasteiger partial charge in [0.25, 0.3) is 5.91 Å². The van der Waals surface area contributed by atoms with Gasteiger partial charge in [0.05, 0.1) is 12.5 Å². The number of carbonyl (C=O) groups is 3. The van der Waals surface area contributed by atoms with Crippen molar-refractivity contribution in [1.29, 1.82) is 0 Å². The monoisotopic (exact) mass is 512 g/mol. The molecule has 2 fully saturated rings. The number of nitrogens with zero attached hydrogens (tertiary/aromatic N) is 1. The molecule has 2 amide bonds. The van der Waals surface area contributed by atoms with Crippen molar-refractivity contribution < 1.29 is 39.2 Å². The van der Waals surface area contributed by atoms with Crippen LogP contribution in [0.25, 0.3) is 0 Å². The van der Waals surface area contributed by atoms with Crippen LogP contribution < -0.4 is 5.32 Å². The van der Waals surface area contributed by atoms with Gasteiger partial charge in [-0.1, -0.05) is 45.3 Å². The first-order valence-corrected chi connectivity index (χ1v) is 13.2. The highest BCUT2D eigenvalue weighted by molar-refractivity contribution is 5.90. The summed E-state index contributed by atoms with van der Waals surface area (Å²) in [6.45, 7) is 4.63. The SMILES string of the molecule is CO[C@@H](C(=O)N[C@H]1CCCCN(CCOC(=O)C2CCCCC2)C1=O)[C@H](O)[C@@H](O)[C@H](O)/C=C/C(C)C. The normalized spacial score (nSPS) is 23.2. The molecule has 5 atom stereocenters. The zero-order valence-corrected chi connectivity index (χ0v) is 21.8. The van der Waals surface area contributed by atoms with Gasteiger partial charge >= 0.3 is 5.97 Å². The Hall–Kier alpha value is -2.01. The highest BCUT2D eigenvalue weighted by Gasteiger charge is 2.37. The number of hydrogen-bond acceptors (Lipinski definition) is 8. The van der Waals surface area contributed by atoms with Gasteiger partial charge in [-0.05, 0) is 38.0 Å². The third kappa shape index (κ3) is 9.14. The third-order valence-corrected chi connectivity index (χ3v) is 6.86. The minimum absolute atomic E-state index is 0.0576. The molecule has 0 bridgehead atoms. The van der Waals surface area contributed by atoms with Crippen LogP contribution in [0.5, 0.6) is 0 Å². The Morgan fingerprint density at radius 2 is 1.69 bits per heavy atom. The highest BCUT2D eigenvalue weighted by atomic mass is 16.5. The Morgan fingerprint density at radius 3 is 2.33 bits per heavy atom. The van der Waals surface area contributed by atoms with E-state index >= 15 is 0 Å². The third-order valence-electron chi connectivity index (χ3n) is 6.86. The number of esters is 1. The van der Waals surface area contributed by atoms with E-state index in [9.17, 15) is 29.7 Å². The number of rotatable bonds is 12. The lowest BCUT2D eigenvalue weighted by atomic mass is 9.89. The van der Waals surface area contributed by atoms with Crippen LogP contribution in [-0.4, -0.2) is 95.3 Å². The lowest BCUT2D eigenvalue weighted by Gasteiger charge is -2.29. The largest absolute Gasteiger partial charge is 0.464 e. The Labute approximate surface area is 214 Å². The molecule has 0 aromatic carbocycles. The van der Waals surface area contributed by atoms with Gasteiger partial charge in [0.2, 0.25) is 5.91 Å². The molecule has 1 heterocycles. The summed E-state index contributed by atoms with van der Waals surface area (Å²) in [6.07, 6.45) is 3.58. The summed E-state index contributed by atoms with van der Waals surface area (Å²) in [7, 11) is 1.21. The molecule has 206 valence electrons. The van der Waals surface area contributed by atoms with Crippen LogP contribution in [0.2, 0.25) is 0 Å². The average Bonchev–Trinajstić information content (AvgIpc) is 3.03. The molecule has 1 saturated heterocycles. The molecule has 0 unspecified atom stereocenters. The maximum atomic E-state index is 13.1. The van der Waals surface area contributed by atoms with Crippen molar-refractivity contribution in [1.82, 2.24) is 10.2 Å². The number of carbonyl (C=O) groups excluding carboxylic acids is 3. The smallest absolute Gasteiger partial charge is 0.308 e. The summed E-state index contributed by atoms with van der Waals surface area (Å²) >= 11 is 0. The van der Waals surface area contributed by atoms with Crippen molar-refractivity contribution in [3.63, 3.8) is 0 Å². The number of methoxy groups -OCH3 is 1. The van der Waals surface area contributed by atoms with Crippen molar-refractivity contribution >= 4 is 17.8 Å². The number of amides is 2. The molecule has 10 heteroatoms. The van der Waals surface area contributed by atoms with E-state index < -0.39 is 36.4 Å². The van der Waals surface area contributed by atoms with Crippen LogP contribution in [-0.2, 0) is 23.9 Å². The number of nitrogens with one attached hydrogen (secondary N) is 1. The van der Waals surface area contributed by atoms with Gasteiger partial charge in [0.1, 0.15) is 31.0 Å². The molecule has 2 rings (SSSR count). The predicted molar refractivity (Wildman–Crippen MR) is 133 cm³/mol. The lowest BCUT2D eigenvalue weighted by Crippen LogP contribution is -2.56. The molecule has 0 aromatic rings. The minimum atomic E-state index is -1.71. The van der Waals surface area contributed by atoms with Gasteiger partial charge in [-0.3, -0.25) is 14.4 Å². The minimum Gasteiger partial charge on any atom is -0.464 e. The van der Waals surface area contributed by atoms with Crippen LogP contribution in [0, 0.1) is 11.8 Å². The molecule has 2 aliphatic rings. The second kappa shape index (κ2) is 15.3. The van der Waals surface area contributed by atoms with Crippen molar-refractivity contribution in [2.24, 2.45) is 11.8 Å². The first-order chi connectivity index (χ1) is 17.1. The van der Waals surface area contributed by atoms with Crippen LogP contribution in [0.3, 0.4) is 0 Å². The lowest BCUT2D eigenvalue weighted by molar-refractivity contribution is -0.152. The first-order valence-electron chi connectivity index (χ1n) is 13.2. The summed E-state index contributed by atoms with van der Waals surface area (Å²) in [6, 6.07) is -0.832. The molecular weight excluding hydrogens is 468 g/mol. The highest BCUT2D eigenvalue weighted by Crippen LogP contribution is 2.24. The van der Waals surface area contributed by atoms with Crippen molar-refractivity contribution in [2.75, 3.05) is 26.8 Å². The topological polar surface area (TPSA) is 146 Å². The fourth-order valence-corrected chi connectivity index (χ4v) is 4.66. The van der Waals surface area contributed by atoms with Crippen molar-refractivity contribution in [3.8, 4) is 0 Å². The molecule has 4 N–H and O–H groups in total. The Kier molecular flexibility index (Phi) is 12.8. The molecule has 1 aliphatic heterocycles. The van der Waals surface area contributed by atoms with Crippen LogP contribution in [0.4, 0.5) is 0 Å². The zero-order valence-electron chi connectivity index (χ0n) is 21.8. The van der Waals surface area contributed by atoms with Gasteiger partial charge < -0.3 is 35.0 Å². The molecule has 1 saturated carbocycles. The Bertz CT molecular complexity index is 737. The van der Waals surface area contributed by atoms with E-state index in [0.717, 1.165) is 38.5 Å². The summed E-state index contributed by atoms with van der Waals surface area (Å²) in [5.74, 6) is -1.18. The number of aliphatic hydroxyl groups excluding tert-OH is 3. The zero-order chi connectivity index (χ0) is 26.7. The van der Waals surface area contributed by atoms with Crippen LogP contribution >= 0.6 is 0 Å². The molecular formula is C26H44N2O8. The van der Waals surface area contributed by atoms with Gasteiger partial charge in [-0.2, -0.15) is 0 Å². The molecule has 0 radical (unpaired) electrons. The van der Waals surface area contributed by atoms with Gasteiger partial charge in [0.15, 0.2) is 6.10 Å². The van der Waals surface area contributed by atoms with Crippen LogP contribution in [0.15, 0.2) is 12.2 Å². The van der Waals surface area contributed by atoms with Crippen molar-refractivity contribution in [3.05, 3.63) is 12.2 Å². The van der Waals surface area contributed by atoms with E-state index in [1.165, 1.54) is 13.2 Å². The standard InChI is InChI=1S/C26H44N2O8/c1-17(2)12-13-20(29)21(30)22(31)23(35-3)24(32)27-19-11-7-8-14-28(25(19)33)15-16-36-26(34)18-9-5-4-6-10-18/h12-13,17-23,29-31H,4-11,14-16H2,1-3H3,(H,27,32)/b13-12+/t19-,20+,21-,22+,23+/m0/s1. The van der Waals surface area contributed by atoms with E-state index in [1.807, 2.05) is 13.8 Å². The summed E-state index contributed by atoms with van der Waals surface area (Å²) in [5, 5.41) is 33.5. The van der Waals surface area contributed by atoms with E-state index in [1.54, 1.807) is 11.0 Å². The van der Waals surface area contributed by atoms with Crippen molar-refractivity contribution in [2.45, 2.75) is 95.7 Å². The van der Waals surface area contributed by atoms with Gasteiger partial charge in [-0.25, -0.2) is 0 Å². The quantitative estimate of drug-likeness (QED) is 0.223. The summed E-state index contributed by atoms with van der Waals surface area (Å²) < 4.78 is 10.5. The first kappa shape index (κ1) is 30.2. The molecule has 36 heavy (non-hydrogen) atoms. The molecule has 1 aliphatic carbocycles.